The number of aryl methyl sites for hydroxylation is 1. The Morgan fingerprint density at radius 3 is 2.08 bits per heavy atom. The van der Waals surface area contributed by atoms with Gasteiger partial charge in [-0.3, -0.25) is 14.6 Å². The summed E-state index contributed by atoms with van der Waals surface area (Å²) < 4.78 is 2.11. The summed E-state index contributed by atoms with van der Waals surface area (Å²) in [6.07, 6.45) is 0. The van der Waals surface area contributed by atoms with E-state index >= 15 is 0 Å². The first-order valence-corrected chi connectivity index (χ1v) is 4.58. The number of hydrogen-bond acceptors (Lipinski definition) is 1. The molecular weight excluding hydrogens is 220 g/mol. The quantitative estimate of drug-likeness (QED) is 0.728. The summed E-state index contributed by atoms with van der Waals surface area (Å²) in [5.74, 6) is 0. The largest absolute Gasteiger partial charge is 0.298 e. The van der Waals surface area contributed by atoms with Crippen molar-refractivity contribution < 1.29 is 0 Å². The van der Waals surface area contributed by atoms with Crippen molar-refractivity contribution in [1.29, 1.82) is 0 Å². The maximum Gasteiger partial charge on any atom is 0.280 e. The molecule has 1 heterocycles. The lowest BCUT2D eigenvalue weighted by Gasteiger charge is -2.16. The second-order valence-corrected chi connectivity index (χ2v) is 4.71. The first kappa shape index (κ1) is 9.58. The van der Waals surface area contributed by atoms with E-state index in [-0.39, 0.29) is 11.0 Å². The fourth-order valence-electron chi connectivity index (χ4n) is 1.02. The van der Waals surface area contributed by atoms with Gasteiger partial charge in [-0.2, -0.15) is 0 Å². The summed E-state index contributed by atoms with van der Waals surface area (Å²) in [5.41, 5.74) is 0.897. The Morgan fingerprint density at radius 1 is 1.42 bits per heavy atom. The maximum absolute atomic E-state index is 11.3. The predicted molar refractivity (Wildman–Crippen MR) is 52.4 cm³/mol. The highest BCUT2D eigenvalue weighted by Crippen LogP contribution is 2.24. The molecule has 0 amide bonds. The van der Waals surface area contributed by atoms with Crippen molar-refractivity contribution in [3.05, 3.63) is 20.5 Å². The minimum absolute atomic E-state index is 0.0140. The van der Waals surface area contributed by atoms with Gasteiger partial charge in [-0.25, -0.2) is 0 Å². The molecule has 0 unspecified atom stereocenters. The SMILES string of the molecule is Cn1[nH]c(C(C)(C)C)c(Br)c1=O. The van der Waals surface area contributed by atoms with Gasteiger partial charge in [-0.05, 0) is 15.9 Å². The molecule has 0 saturated heterocycles. The molecule has 0 spiro atoms. The zero-order chi connectivity index (χ0) is 9.52. The van der Waals surface area contributed by atoms with Crippen LogP contribution in [0.4, 0.5) is 0 Å². The molecule has 1 aromatic rings. The topological polar surface area (TPSA) is 37.8 Å². The van der Waals surface area contributed by atoms with Gasteiger partial charge in [0, 0.05) is 12.5 Å². The molecule has 0 aliphatic rings. The lowest BCUT2D eigenvalue weighted by molar-refractivity contribution is 0.550. The molecule has 0 aliphatic carbocycles. The second-order valence-electron chi connectivity index (χ2n) is 3.91. The summed E-state index contributed by atoms with van der Waals surface area (Å²) in [6, 6.07) is 0. The van der Waals surface area contributed by atoms with Crippen LogP contribution >= 0.6 is 15.9 Å². The van der Waals surface area contributed by atoms with Gasteiger partial charge >= 0.3 is 0 Å². The molecule has 1 N–H and O–H groups in total. The number of nitrogens with zero attached hydrogens (tertiary/aromatic N) is 1. The highest BCUT2D eigenvalue weighted by molar-refractivity contribution is 9.10. The van der Waals surface area contributed by atoms with E-state index in [4.69, 9.17) is 0 Å². The normalized spacial score (nSPS) is 12.1. The van der Waals surface area contributed by atoms with E-state index in [0.29, 0.717) is 4.47 Å². The molecule has 0 radical (unpaired) electrons. The van der Waals surface area contributed by atoms with Crippen LogP contribution in [0.15, 0.2) is 9.27 Å². The molecule has 3 nitrogen and oxygen atoms in total. The van der Waals surface area contributed by atoms with Crippen LogP contribution in [0.5, 0.6) is 0 Å². The van der Waals surface area contributed by atoms with Crippen LogP contribution in [0.2, 0.25) is 0 Å². The first-order valence-electron chi connectivity index (χ1n) is 3.79. The van der Waals surface area contributed by atoms with Gasteiger partial charge < -0.3 is 0 Å². The minimum Gasteiger partial charge on any atom is -0.298 e. The van der Waals surface area contributed by atoms with Gasteiger partial charge in [0.1, 0.15) is 4.47 Å². The smallest absolute Gasteiger partial charge is 0.280 e. The minimum atomic E-state index is -0.0285. The van der Waals surface area contributed by atoms with Gasteiger partial charge in [0.15, 0.2) is 0 Å². The Morgan fingerprint density at radius 2 is 1.92 bits per heavy atom. The number of rotatable bonds is 0. The van der Waals surface area contributed by atoms with E-state index in [2.05, 4.69) is 41.8 Å². The van der Waals surface area contributed by atoms with E-state index in [1.165, 1.54) is 4.68 Å². The van der Waals surface area contributed by atoms with Gasteiger partial charge in [0.05, 0.1) is 5.69 Å². The molecule has 0 atom stereocenters. The second kappa shape index (κ2) is 2.76. The Labute approximate surface area is 79.9 Å². The summed E-state index contributed by atoms with van der Waals surface area (Å²) in [6.45, 7) is 6.18. The van der Waals surface area contributed by atoms with Crippen LogP contribution < -0.4 is 5.56 Å². The van der Waals surface area contributed by atoms with E-state index in [9.17, 15) is 4.79 Å². The highest BCUT2D eigenvalue weighted by Gasteiger charge is 2.21. The van der Waals surface area contributed by atoms with Crippen LogP contribution in [0.1, 0.15) is 26.5 Å². The molecule has 0 aromatic carbocycles. The van der Waals surface area contributed by atoms with E-state index < -0.39 is 0 Å². The zero-order valence-electron chi connectivity index (χ0n) is 7.73. The maximum atomic E-state index is 11.3. The van der Waals surface area contributed by atoms with Crippen molar-refractivity contribution in [2.45, 2.75) is 26.2 Å². The molecule has 0 saturated carbocycles. The van der Waals surface area contributed by atoms with Crippen LogP contribution in [-0.4, -0.2) is 9.78 Å². The van der Waals surface area contributed by atoms with Gasteiger partial charge in [-0.1, -0.05) is 20.8 Å². The van der Waals surface area contributed by atoms with E-state index in [1.807, 2.05) is 0 Å². The molecule has 12 heavy (non-hydrogen) atoms. The van der Waals surface area contributed by atoms with E-state index in [0.717, 1.165) is 5.69 Å². The van der Waals surface area contributed by atoms with Crippen molar-refractivity contribution in [2.24, 2.45) is 7.05 Å². The van der Waals surface area contributed by atoms with Gasteiger partial charge in [0.2, 0.25) is 0 Å². The molecule has 4 heteroatoms. The molecular formula is C8H13BrN2O. The molecule has 68 valence electrons. The summed E-state index contributed by atoms with van der Waals surface area (Å²) >= 11 is 3.27. The van der Waals surface area contributed by atoms with Crippen LogP contribution in [0.3, 0.4) is 0 Å². The number of aromatic nitrogens is 2. The third-order valence-electron chi connectivity index (χ3n) is 1.74. The van der Waals surface area contributed by atoms with Crippen molar-refractivity contribution in [2.75, 3.05) is 0 Å². The van der Waals surface area contributed by atoms with E-state index in [1.54, 1.807) is 7.05 Å². The van der Waals surface area contributed by atoms with Crippen LogP contribution in [-0.2, 0) is 12.5 Å². The Bertz CT molecular complexity index is 343. The third kappa shape index (κ3) is 1.48. The Balaban J connectivity index is 3.38. The standard InChI is InChI=1S/C8H13BrN2O/c1-8(2,3)6-5(9)7(12)11(4)10-6/h10H,1-4H3. The predicted octanol–water partition coefficient (Wildman–Crippen LogP) is 1.77. The van der Waals surface area contributed by atoms with Crippen LogP contribution in [0, 0.1) is 0 Å². The number of H-pyrrole nitrogens is 1. The van der Waals surface area contributed by atoms with Crippen molar-refractivity contribution in [3.63, 3.8) is 0 Å². The molecule has 1 rings (SSSR count). The average Bonchev–Trinajstić information content (AvgIpc) is 2.15. The molecule has 1 aromatic heterocycles. The average molecular weight is 233 g/mol. The lowest BCUT2D eigenvalue weighted by atomic mass is 9.93. The van der Waals surface area contributed by atoms with Crippen molar-refractivity contribution in [1.82, 2.24) is 9.78 Å². The summed E-state index contributed by atoms with van der Waals surface area (Å²) in [5, 5.41) is 3.01. The fourth-order valence-corrected chi connectivity index (χ4v) is 1.97. The Hall–Kier alpha value is -0.510. The molecule has 0 fully saturated rings. The summed E-state index contributed by atoms with van der Waals surface area (Å²) in [7, 11) is 1.71. The lowest BCUT2D eigenvalue weighted by Crippen LogP contribution is -2.13. The van der Waals surface area contributed by atoms with Crippen molar-refractivity contribution in [3.8, 4) is 0 Å². The van der Waals surface area contributed by atoms with Gasteiger partial charge in [0.25, 0.3) is 5.56 Å². The third-order valence-corrected chi connectivity index (χ3v) is 2.48. The summed E-state index contributed by atoms with van der Waals surface area (Å²) in [4.78, 5) is 11.3. The Kier molecular flexibility index (Phi) is 2.21. The number of hydrogen-bond donors (Lipinski definition) is 1. The number of halogens is 1. The molecule has 0 aliphatic heterocycles. The van der Waals surface area contributed by atoms with Crippen molar-refractivity contribution >= 4 is 15.9 Å². The fraction of sp³-hybridized carbons (Fsp3) is 0.625. The van der Waals surface area contributed by atoms with Gasteiger partial charge in [-0.15, -0.1) is 0 Å². The first-order chi connectivity index (χ1) is 5.34. The number of nitrogens with one attached hydrogen (secondary N) is 1. The zero-order valence-corrected chi connectivity index (χ0v) is 9.32. The monoisotopic (exact) mass is 232 g/mol. The molecule has 0 bridgehead atoms. The van der Waals surface area contributed by atoms with Crippen LogP contribution in [0.25, 0.3) is 0 Å². The highest BCUT2D eigenvalue weighted by atomic mass is 79.9. The number of aromatic amines is 1.